The normalized spacial score (nSPS) is 13.1. The zero-order valence-corrected chi connectivity index (χ0v) is 22.4. The van der Waals surface area contributed by atoms with Crippen molar-refractivity contribution in [3.8, 4) is 0 Å². The fourth-order valence-electron chi connectivity index (χ4n) is 3.40. The number of rotatable bonds is 11. The summed E-state index contributed by atoms with van der Waals surface area (Å²) in [6.45, 7) is 5.03. The molecule has 0 saturated heterocycles. The number of carbonyl (C=O) groups excluding carboxylic acids is 2. The van der Waals surface area contributed by atoms with Crippen LogP contribution in [0.25, 0.3) is 0 Å². The number of nitrogens with zero attached hydrogens (tertiary/aromatic N) is 2. The lowest BCUT2D eigenvalue weighted by Gasteiger charge is -2.33. The summed E-state index contributed by atoms with van der Waals surface area (Å²) in [6, 6.07) is 9.26. The van der Waals surface area contributed by atoms with Gasteiger partial charge in [-0.1, -0.05) is 49.2 Å². The van der Waals surface area contributed by atoms with E-state index in [0.717, 1.165) is 22.7 Å². The van der Waals surface area contributed by atoms with E-state index in [-0.39, 0.29) is 29.2 Å². The van der Waals surface area contributed by atoms with Gasteiger partial charge in [-0.15, -0.1) is 0 Å². The van der Waals surface area contributed by atoms with E-state index in [0.29, 0.717) is 23.4 Å². The summed E-state index contributed by atoms with van der Waals surface area (Å²) in [4.78, 5) is 28.0. The van der Waals surface area contributed by atoms with Crippen molar-refractivity contribution in [2.75, 3.05) is 17.1 Å². The molecule has 11 heteroatoms. The van der Waals surface area contributed by atoms with Gasteiger partial charge in [0.25, 0.3) is 0 Å². The molecule has 0 saturated carbocycles. The van der Waals surface area contributed by atoms with E-state index in [1.165, 1.54) is 11.0 Å². The van der Waals surface area contributed by atoms with Gasteiger partial charge in [-0.2, -0.15) is 0 Å². The lowest BCUT2D eigenvalue weighted by Crippen LogP contribution is -2.53. The number of amides is 2. The van der Waals surface area contributed by atoms with Crippen LogP contribution in [0.4, 0.5) is 10.1 Å². The van der Waals surface area contributed by atoms with Crippen LogP contribution in [0.2, 0.25) is 10.0 Å². The molecule has 35 heavy (non-hydrogen) atoms. The first-order valence-electron chi connectivity index (χ1n) is 11.1. The van der Waals surface area contributed by atoms with E-state index < -0.39 is 34.3 Å². The van der Waals surface area contributed by atoms with Gasteiger partial charge in [0.05, 0.1) is 17.0 Å². The second-order valence-corrected chi connectivity index (χ2v) is 11.0. The van der Waals surface area contributed by atoms with Crippen LogP contribution in [-0.2, 0) is 26.2 Å². The highest BCUT2D eigenvalue weighted by molar-refractivity contribution is 7.92. The van der Waals surface area contributed by atoms with Crippen LogP contribution in [0, 0.1) is 5.82 Å². The highest BCUT2D eigenvalue weighted by atomic mass is 35.5. The van der Waals surface area contributed by atoms with Gasteiger partial charge in [-0.3, -0.25) is 13.9 Å². The summed E-state index contributed by atoms with van der Waals surface area (Å²) in [5.41, 5.74) is 0.754. The minimum Gasteiger partial charge on any atom is -0.352 e. The zero-order valence-electron chi connectivity index (χ0n) is 20.1. The molecule has 2 aromatic rings. The van der Waals surface area contributed by atoms with Crippen molar-refractivity contribution in [1.82, 2.24) is 10.2 Å². The number of sulfonamides is 1. The Hall–Kier alpha value is -2.36. The Balaban J connectivity index is 2.45. The van der Waals surface area contributed by atoms with Crippen LogP contribution in [0.15, 0.2) is 42.5 Å². The average Bonchev–Trinajstić information content (AvgIpc) is 2.79. The maximum absolute atomic E-state index is 13.7. The maximum atomic E-state index is 13.7. The van der Waals surface area contributed by atoms with Crippen molar-refractivity contribution >= 4 is 50.7 Å². The predicted molar refractivity (Wildman–Crippen MR) is 138 cm³/mol. The van der Waals surface area contributed by atoms with E-state index >= 15 is 0 Å². The SMILES string of the molecule is CC[C@@H](C)NC(=O)[C@@H](CC)N(Cc1ccc(Cl)cc1)C(=O)CN(c1ccc(F)c(Cl)c1)S(C)(=O)=O. The van der Waals surface area contributed by atoms with Crippen molar-refractivity contribution in [3.63, 3.8) is 0 Å². The minimum atomic E-state index is -3.94. The van der Waals surface area contributed by atoms with Crippen molar-refractivity contribution in [1.29, 1.82) is 0 Å². The molecule has 0 fully saturated rings. The Morgan fingerprint density at radius 2 is 1.69 bits per heavy atom. The van der Waals surface area contributed by atoms with Gasteiger partial charge in [-0.05, 0) is 55.7 Å². The summed E-state index contributed by atoms with van der Waals surface area (Å²) < 4.78 is 39.6. The molecule has 2 aromatic carbocycles. The van der Waals surface area contributed by atoms with E-state index in [4.69, 9.17) is 23.2 Å². The third-order valence-corrected chi connectivity index (χ3v) is 7.21. The van der Waals surface area contributed by atoms with Gasteiger partial charge in [0.1, 0.15) is 18.4 Å². The van der Waals surface area contributed by atoms with Crippen LogP contribution in [0.1, 0.15) is 39.2 Å². The number of hydrogen-bond acceptors (Lipinski definition) is 4. The molecular formula is C24H30Cl2FN3O4S. The molecular weight excluding hydrogens is 516 g/mol. The minimum absolute atomic E-state index is 0.0378. The van der Waals surface area contributed by atoms with Gasteiger partial charge in [0, 0.05) is 17.6 Å². The number of hydrogen-bond donors (Lipinski definition) is 1. The van der Waals surface area contributed by atoms with Gasteiger partial charge in [0.15, 0.2) is 0 Å². The first-order chi connectivity index (χ1) is 16.4. The molecule has 0 aliphatic heterocycles. The summed E-state index contributed by atoms with van der Waals surface area (Å²) in [5, 5.41) is 3.14. The van der Waals surface area contributed by atoms with E-state index in [1.54, 1.807) is 31.2 Å². The fourth-order valence-corrected chi connectivity index (χ4v) is 4.54. The molecule has 2 atom stereocenters. The lowest BCUT2D eigenvalue weighted by atomic mass is 10.1. The molecule has 0 aromatic heterocycles. The number of halogens is 3. The van der Waals surface area contributed by atoms with Crippen LogP contribution < -0.4 is 9.62 Å². The standard InChI is InChI=1S/C24H30Cl2FN3O4S/c1-5-16(3)28-24(32)22(6-2)29(14-17-7-9-18(25)10-8-17)23(31)15-30(35(4,33)34)19-11-12-21(27)20(26)13-19/h7-13,16,22H,5-6,14-15H2,1-4H3,(H,28,32)/t16-,22-/m1/s1. The number of benzene rings is 2. The monoisotopic (exact) mass is 545 g/mol. The summed E-state index contributed by atoms with van der Waals surface area (Å²) in [5.74, 6) is -1.65. The van der Waals surface area contributed by atoms with E-state index in [9.17, 15) is 22.4 Å². The van der Waals surface area contributed by atoms with Crippen molar-refractivity contribution < 1.29 is 22.4 Å². The van der Waals surface area contributed by atoms with Crippen LogP contribution in [0.5, 0.6) is 0 Å². The average molecular weight is 546 g/mol. The Kier molecular flexibility index (Phi) is 10.4. The molecule has 0 aliphatic rings. The fraction of sp³-hybridized carbons (Fsp3) is 0.417. The second kappa shape index (κ2) is 12.6. The molecule has 7 nitrogen and oxygen atoms in total. The Bertz CT molecular complexity index is 1150. The van der Waals surface area contributed by atoms with Crippen molar-refractivity contribution in [3.05, 3.63) is 63.9 Å². The van der Waals surface area contributed by atoms with Crippen LogP contribution in [-0.4, -0.2) is 50.0 Å². The van der Waals surface area contributed by atoms with Crippen molar-refractivity contribution in [2.24, 2.45) is 0 Å². The lowest BCUT2D eigenvalue weighted by molar-refractivity contribution is -0.140. The molecule has 0 bridgehead atoms. The Morgan fingerprint density at radius 3 is 2.20 bits per heavy atom. The molecule has 0 unspecified atom stereocenters. The molecule has 0 heterocycles. The van der Waals surface area contributed by atoms with Gasteiger partial charge < -0.3 is 10.2 Å². The smallest absolute Gasteiger partial charge is 0.244 e. The Labute approximate surface area is 216 Å². The van der Waals surface area contributed by atoms with Gasteiger partial charge >= 0.3 is 0 Å². The van der Waals surface area contributed by atoms with E-state index in [2.05, 4.69) is 5.32 Å². The first-order valence-corrected chi connectivity index (χ1v) is 13.7. The molecule has 2 amide bonds. The summed E-state index contributed by atoms with van der Waals surface area (Å²) in [7, 11) is -3.94. The van der Waals surface area contributed by atoms with Crippen LogP contribution in [0.3, 0.4) is 0 Å². The summed E-state index contributed by atoms with van der Waals surface area (Å²) in [6.07, 6.45) is 1.96. The molecule has 2 rings (SSSR count). The highest BCUT2D eigenvalue weighted by Gasteiger charge is 2.32. The third-order valence-electron chi connectivity index (χ3n) is 5.52. The first kappa shape index (κ1) is 28.9. The van der Waals surface area contributed by atoms with Crippen molar-refractivity contribution in [2.45, 2.75) is 52.2 Å². The molecule has 0 aliphatic carbocycles. The molecule has 0 spiro atoms. The molecule has 0 radical (unpaired) electrons. The number of carbonyl (C=O) groups is 2. The largest absolute Gasteiger partial charge is 0.352 e. The second-order valence-electron chi connectivity index (χ2n) is 8.26. The van der Waals surface area contributed by atoms with Gasteiger partial charge in [0.2, 0.25) is 21.8 Å². The Morgan fingerprint density at radius 1 is 1.06 bits per heavy atom. The van der Waals surface area contributed by atoms with Gasteiger partial charge in [-0.25, -0.2) is 12.8 Å². The maximum Gasteiger partial charge on any atom is 0.244 e. The number of nitrogens with one attached hydrogen (secondary N) is 1. The zero-order chi connectivity index (χ0) is 26.3. The summed E-state index contributed by atoms with van der Waals surface area (Å²) >= 11 is 11.8. The van der Waals surface area contributed by atoms with Crippen LogP contribution >= 0.6 is 23.2 Å². The van der Waals surface area contributed by atoms with E-state index in [1.807, 2.05) is 13.8 Å². The highest BCUT2D eigenvalue weighted by Crippen LogP contribution is 2.25. The topological polar surface area (TPSA) is 86.8 Å². The molecule has 1 N–H and O–H groups in total. The predicted octanol–water partition coefficient (Wildman–Crippen LogP) is 4.62. The third kappa shape index (κ3) is 8.08. The quantitative estimate of drug-likeness (QED) is 0.446. The molecule has 192 valence electrons. The number of anilines is 1.